The molecule has 0 aliphatic carbocycles. The first-order valence-electron chi connectivity index (χ1n) is 9.92. The highest BCUT2D eigenvalue weighted by molar-refractivity contribution is 7.12. The Morgan fingerprint density at radius 2 is 1.80 bits per heavy atom. The number of aryl methyl sites for hydroxylation is 3. The van der Waals surface area contributed by atoms with Crippen molar-refractivity contribution in [1.29, 1.82) is 0 Å². The molecule has 0 saturated heterocycles. The van der Waals surface area contributed by atoms with E-state index in [4.69, 9.17) is 9.26 Å². The van der Waals surface area contributed by atoms with Gasteiger partial charge in [-0.2, -0.15) is 0 Å². The van der Waals surface area contributed by atoms with Gasteiger partial charge in [0.1, 0.15) is 0 Å². The van der Waals surface area contributed by atoms with Gasteiger partial charge in [0.25, 0.3) is 11.6 Å². The van der Waals surface area contributed by atoms with Crippen molar-refractivity contribution >= 4 is 34.3 Å². The summed E-state index contributed by atoms with van der Waals surface area (Å²) >= 11 is 1.66. The Hall–Kier alpha value is -2.74. The quantitative estimate of drug-likeness (QED) is 0.529. The minimum Gasteiger partial charge on any atom is -0.452 e. The fourth-order valence-electron chi connectivity index (χ4n) is 3.73. The second-order valence-corrected chi connectivity index (χ2v) is 9.36. The first-order valence-corrected chi connectivity index (χ1v) is 10.7. The number of hydrogen-bond donors (Lipinski definition) is 0. The summed E-state index contributed by atoms with van der Waals surface area (Å²) in [4.78, 5) is 34.0. The minimum absolute atomic E-state index is 0.0144. The van der Waals surface area contributed by atoms with Crippen molar-refractivity contribution in [2.75, 3.05) is 6.61 Å². The molecule has 1 amide bonds. The van der Waals surface area contributed by atoms with Crippen LogP contribution < -0.4 is 0 Å². The molecule has 3 aromatic heterocycles. The Morgan fingerprint density at radius 1 is 1.13 bits per heavy atom. The topological polar surface area (TPSA) is 85.5 Å². The molecule has 0 radical (unpaired) electrons. The molecule has 7 nitrogen and oxygen atoms in total. The molecule has 0 saturated carbocycles. The molecule has 30 heavy (non-hydrogen) atoms. The molecule has 0 spiro atoms. The number of carbonyl (C=O) groups excluding carboxylic acids is 2. The third-order valence-electron chi connectivity index (χ3n) is 4.88. The summed E-state index contributed by atoms with van der Waals surface area (Å²) in [5.41, 5.74) is 2.67. The standard InChI is InChI=1S/C22H27N3O4S/c1-11(2)25(12(3)4)19(26)10-28-22(27)17-9-18(16-8-13(5)30-15(16)7)23-21-20(17)14(6)24-29-21/h8-9,11-12H,10H2,1-7H3. The van der Waals surface area contributed by atoms with Gasteiger partial charge in [-0.05, 0) is 60.6 Å². The molecule has 3 aromatic rings. The largest absolute Gasteiger partial charge is 0.452 e. The van der Waals surface area contributed by atoms with Crippen molar-refractivity contribution < 1.29 is 18.8 Å². The third kappa shape index (κ3) is 4.23. The van der Waals surface area contributed by atoms with E-state index in [1.807, 2.05) is 47.6 Å². The number of amides is 1. The fourth-order valence-corrected chi connectivity index (χ4v) is 4.66. The number of pyridine rings is 1. The Balaban J connectivity index is 1.94. The van der Waals surface area contributed by atoms with E-state index in [2.05, 4.69) is 10.1 Å². The van der Waals surface area contributed by atoms with Crippen LogP contribution in [0.2, 0.25) is 0 Å². The van der Waals surface area contributed by atoms with Gasteiger partial charge in [0.15, 0.2) is 6.61 Å². The smallest absolute Gasteiger partial charge is 0.339 e. The van der Waals surface area contributed by atoms with Crippen LogP contribution in [0.3, 0.4) is 0 Å². The maximum absolute atomic E-state index is 13.0. The van der Waals surface area contributed by atoms with E-state index in [0.717, 1.165) is 15.3 Å². The average Bonchev–Trinajstić information content (AvgIpc) is 3.20. The van der Waals surface area contributed by atoms with Gasteiger partial charge in [-0.1, -0.05) is 5.16 Å². The fraction of sp³-hybridized carbons (Fsp3) is 0.455. The SMILES string of the molecule is Cc1cc(-c2cc(C(=O)OCC(=O)N(C(C)C)C(C)C)c3c(C)noc3n2)c(C)s1. The Bertz CT molecular complexity index is 1090. The monoisotopic (exact) mass is 429 g/mol. The molecule has 0 unspecified atom stereocenters. The van der Waals surface area contributed by atoms with Gasteiger partial charge in [-0.25, -0.2) is 9.78 Å². The van der Waals surface area contributed by atoms with Crippen molar-refractivity contribution in [3.8, 4) is 11.3 Å². The summed E-state index contributed by atoms with van der Waals surface area (Å²) in [7, 11) is 0. The van der Waals surface area contributed by atoms with Crippen molar-refractivity contribution in [3.05, 3.63) is 33.1 Å². The van der Waals surface area contributed by atoms with Crippen LogP contribution in [-0.2, 0) is 9.53 Å². The molecule has 0 atom stereocenters. The van der Waals surface area contributed by atoms with Crippen LogP contribution >= 0.6 is 11.3 Å². The zero-order valence-electron chi connectivity index (χ0n) is 18.4. The number of hydrogen-bond acceptors (Lipinski definition) is 7. The molecule has 8 heteroatoms. The van der Waals surface area contributed by atoms with Gasteiger partial charge in [0.2, 0.25) is 0 Å². The van der Waals surface area contributed by atoms with Gasteiger partial charge in [0, 0.05) is 27.4 Å². The van der Waals surface area contributed by atoms with Crippen LogP contribution in [0.25, 0.3) is 22.4 Å². The van der Waals surface area contributed by atoms with E-state index in [9.17, 15) is 9.59 Å². The van der Waals surface area contributed by atoms with E-state index >= 15 is 0 Å². The number of esters is 1. The number of aromatic nitrogens is 2. The molecular weight excluding hydrogens is 402 g/mol. The second-order valence-electron chi connectivity index (χ2n) is 7.89. The van der Waals surface area contributed by atoms with E-state index in [0.29, 0.717) is 22.3 Å². The van der Waals surface area contributed by atoms with Crippen LogP contribution in [0.15, 0.2) is 16.7 Å². The summed E-state index contributed by atoms with van der Waals surface area (Å²) in [5.74, 6) is -0.828. The van der Waals surface area contributed by atoms with Gasteiger partial charge in [-0.3, -0.25) is 4.79 Å². The Kier molecular flexibility index (Phi) is 6.26. The zero-order chi connectivity index (χ0) is 22.2. The number of ether oxygens (including phenoxy) is 1. The molecule has 0 aliphatic heterocycles. The van der Waals surface area contributed by atoms with Crippen molar-refractivity contribution in [3.63, 3.8) is 0 Å². The molecule has 0 fully saturated rings. The van der Waals surface area contributed by atoms with Gasteiger partial charge >= 0.3 is 5.97 Å². The van der Waals surface area contributed by atoms with E-state index < -0.39 is 5.97 Å². The summed E-state index contributed by atoms with van der Waals surface area (Å²) in [6.07, 6.45) is 0. The predicted octanol–water partition coefficient (Wildman–Crippen LogP) is 4.68. The predicted molar refractivity (Wildman–Crippen MR) is 117 cm³/mol. The van der Waals surface area contributed by atoms with Crippen LogP contribution in [0.1, 0.15) is 53.5 Å². The summed E-state index contributed by atoms with van der Waals surface area (Å²) in [5, 5.41) is 4.46. The lowest BCUT2D eigenvalue weighted by Gasteiger charge is -2.30. The van der Waals surface area contributed by atoms with E-state index in [1.54, 1.807) is 29.2 Å². The van der Waals surface area contributed by atoms with Crippen LogP contribution in [0.5, 0.6) is 0 Å². The number of thiophene rings is 1. The number of carbonyl (C=O) groups is 2. The molecule has 160 valence electrons. The highest BCUT2D eigenvalue weighted by Gasteiger charge is 2.25. The first kappa shape index (κ1) is 22.0. The molecule has 0 aliphatic rings. The second kappa shape index (κ2) is 8.55. The third-order valence-corrected chi connectivity index (χ3v) is 5.85. The van der Waals surface area contributed by atoms with Crippen molar-refractivity contribution in [2.24, 2.45) is 0 Å². The highest BCUT2D eigenvalue weighted by Crippen LogP contribution is 2.33. The molecule has 0 N–H and O–H groups in total. The Labute approximate surface area is 180 Å². The van der Waals surface area contributed by atoms with Gasteiger partial charge < -0.3 is 14.2 Å². The van der Waals surface area contributed by atoms with Crippen LogP contribution in [-0.4, -0.2) is 45.6 Å². The molecule has 0 bridgehead atoms. The minimum atomic E-state index is -0.597. The van der Waals surface area contributed by atoms with Crippen LogP contribution in [0.4, 0.5) is 0 Å². The number of nitrogens with zero attached hydrogens (tertiary/aromatic N) is 3. The molecular formula is C22H27N3O4S. The zero-order valence-corrected chi connectivity index (χ0v) is 19.2. The van der Waals surface area contributed by atoms with Crippen LogP contribution in [0, 0.1) is 20.8 Å². The molecule has 3 rings (SSSR count). The lowest BCUT2D eigenvalue weighted by Crippen LogP contribution is -2.44. The summed E-state index contributed by atoms with van der Waals surface area (Å²) in [6, 6.07) is 3.75. The first-order chi connectivity index (χ1) is 14.1. The van der Waals surface area contributed by atoms with E-state index in [-0.39, 0.29) is 30.3 Å². The average molecular weight is 430 g/mol. The van der Waals surface area contributed by atoms with Crippen molar-refractivity contribution in [1.82, 2.24) is 15.0 Å². The summed E-state index contributed by atoms with van der Waals surface area (Å²) in [6.45, 7) is 13.2. The highest BCUT2D eigenvalue weighted by atomic mass is 32.1. The van der Waals surface area contributed by atoms with Crippen molar-refractivity contribution in [2.45, 2.75) is 60.5 Å². The van der Waals surface area contributed by atoms with Gasteiger partial charge in [-0.15, -0.1) is 11.3 Å². The summed E-state index contributed by atoms with van der Waals surface area (Å²) < 4.78 is 10.7. The Morgan fingerprint density at radius 3 is 2.37 bits per heavy atom. The normalized spacial score (nSPS) is 11.5. The number of rotatable bonds is 6. The lowest BCUT2D eigenvalue weighted by molar-refractivity contribution is -0.138. The lowest BCUT2D eigenvalue weighted by atomic mass is 10.1. The number of fused-ring (bicyclic) bond motifs is 1. The maximum atomic E-state index is 13.0. The van der Waals surface area contributed by atoms with E-state index in [1.165, 1.54) is 0 Å². The maximum Gasteiger partial charge on any atom is 0.339 e. The molecule has 3 heterocycles. The van der Waals surface area contributed by atoms with Gasteiger partial charge in [0.05, 0.1) is 22.3 Å². The molecule has 0 aromatic carbocycles.